The number of benzene rings is 2. The zero-order chi connectivity index (χ0) is 14.7. The van der Waals surface area contributed by atoms with Crippen molar-refractivity contribution in [1.82, 2.24) is 5.32 Å². The van der Waals surface area contributed by atoms with Crippen LogP contribution in [-0.4, -0.2) is 14.2 Å². The van der Waals surface area contributed by atoms with E-state index in [1.807, 2.05) is 18.2 Å². The van der Waals surface area contributed by atoms with Crippen LogP contribution in [0, 0.1) is 5.82 Å². The molecule has 1 atom stereocenters. The summed E-state index contributed by atoms with van der Waals surface area (Å²) in [6.07, 6.45) is 0. The van der Waals surface area contributed by atoms with Crippen molar-refractivity contribution in [2.75, 3.05) is 14.2 Å². The summed E-state index contributed by atoms with van der Waals surface area (Å²) >= 11 is 9.40. The summed E-state index contributed by atoms with van der Waals surface area (Å²) in [5.41, 5.74) is 1.32. The molecule has 0 fully saturated rings. The molecule has 0 saturated carbocycles. The molecular formula is C15H14BrClFNO. The van der Waals surface area contributed by atoms with Crippen molar-refractivity contribution >= 4 is 27.5 Å². The Morgan fingerprint density at radius 1 is 1.20 bits per heavy atom. The van der Waals surface area contributed by atoms with Crippen molar-refractivity contribution in [1.29, 1.82) is 0 Å². The van der Waals surface area contributed by atoms with Crippen molar-refractivity contribution in [3.8, 4) is 5.75 Å². The van der Waals surface area contributed by atoms with Gasteiger partial charge in [0.25, 0.3) is 0 Å². The molecule has 1 unspecified atom stereocenters. The number of hydrogen-bond donors (Lipinski definition) is 1. The number of methoxy groups -OCH3 is 1. The van der Waals surface area contributed by atoms with Gasteiger partial charge < -0.3 is 10.1 Å². The summed E-state index contributed by atoms with van der Waals surface area (Å²) in [6.45, 7) is 0. The highest BCUT2D eigenvalue weighted by molar-refractivity contribution is 9.10. The highest BCUT2D eigenvalue weighted by atomic mass is 79.9. The van der Waals surface area contributed by atoms with Crippen LogP contribution < -0.4 is 10.1 Å². The third kappa shape index (κ3) is 3.14. The third-order valence-corrected chi connectivity index (χ3v) is 3.79. The molecule has 0 aromatic heterocycles. The van der Waals surface area contributed by atoms with E-state index in [0.29, 0.717) is 16.3 Å². The van der Waals surface area contributed by atoms with E-state index in [1.54, 1.807) is 20.2 Å². The maximum absolute atomic E-state index is 14.1. The van der Waals surface area contributed by atoms with E-state index in [9.17, 15) is 4.39 Å². The first-order chi connectivity index (χ1) is 9.56. The van der Waals surface area contributed by atoms with E-state index in [1.165, 1.54) is 12.1 Å². The van der Waals surface area contributed by atoms with Gasteiger partial charge >= 0.3 is 0 Å². The van der Waals surface area contributed by atoms with Gasteiger partial charge in [-0.1, -0.05) is 27.5 Å². The minimum atomic E-state index is -0.346. The van der Waals surface area contributed by atoms with Crippen LogP contribution >= 0.6 is 27.5 Å². The monoisotopic (exact) mass is 357 g/mol. The molecule has 2 rings (SSSR count). The summed E-state index contributed by atoms with van der Waals surface area (Å²) in [6, 6.07) is 9.80. The maximum atomic E-state index is 14.1. The fourth-order valence-corrected chi connectivity index (χ4v) is 2.70. The van der Waals surface area contributed by atoms with Crippen LogP contribution in [0.5, 0.6) is 5.75 Å². The second kappa shape index (κ2) is 6.57. The smallest absolute Gasteiger partial charge is 0.128 e. The lowest BCUT2D eigenvalue weighted by atomic mass is 9.97. The molecule has 0 spiro atoms. The van der Waals surface area contributed by atoms with Gasteiger partial charge in [-0.15, -0.1) is 0 Å². The largest absolute Gasteiger partial charge is 0.496 e. The van der Waals surface area contributed by atoms with Gasteiger partial charge in [0.2, 0.25) is 0 Å². The molecule has 106 valence electrons. The number of rotatable bonds is 4. The van der Waals surface area contributed by atoms with Gasteiger partial charge in [-0.05, 0) is 43.4 Å². The summed E-state index contributed by atoms with van der Waals surface area (Å²) < 4.78 is 20.3. The zero-order valence-corrected chi connectivity index (χ0v) is 13.4. The Morgan fingerprint density at radius 3 is 2.60 bits per heavy atom. The lowest BCUT2D eigenvalue weighted by molar-refractivity contribution is 0.404. The van der Waals surface area contributed by atoms with Crippen LogP contribution in [0.2, 0.25) is 5.02 Å². The molecule has 20 heavy (non-hydrogen) atoms. The van der Waals surface area contributed by atoms with Gasteiger partial charge in [-0.2, -0.15) is 0 Å². The Labute approximate surface area is 131 Å². The quantitative estimate of drug-likeness (QED) is 0.865. The van der Waals surface area contributed by atoms with E-state index in [2.05, 4.69) is 21.2 Å². The molecule has 0 aliphatic rings. The third-order valence-electron chi connectivity index (χ3n) is 3.06. The van der Waals surface area contributed by atoms with Crippen LogP contribution in [0.15, 0.2) is 40.9 Å². The van der Waals surface area contributed by atoms with Gasteiger partial charge in [0.05, 0.1) is 13.2 Å². The Kier molecular flexibility index (Phi) is 5.02. The van der Waals surface area contributed by atoms with Gasteiger partial charge in [-0.25, -0.2) is 4.39 Å². The zero-order valence-electron chi connectivity index (χ0n) is 11.1. The predicted octanol–water partition coefficient (Wildman–Crippen LogP) is 4.56. The van der Waals surface area contributed by atoms with Crippen molar-refractivity contribution in [3.63, 3.8) is 0 Å². The average molecular weight is 359 g/mol. The molecule has 1 N–H and O–H groups in total. The Morgan fingerprint density at radius 2 is 1.95 bits per heavy atom. The van der Waals surface area contributed by atoms with Crippen molar-refractivity contribution in [2.45, 2.75) is 6.04 Å². The van der Waals surface area contributed by atoms with Crippen LogP contribution in [0.4, 0.5) is 4.39 Å². The number of nitrogens with one attached hydrogen (secondary N) is 1. The van der Waals surface area contributed by atoms with E-state index in [4.69, 9.17) is 16.3 Å². The second-order valence-corrected chi connectivity index (χ2v) is 5.63. The lowest BCUT2D eigenvalue weighted by Gasteiger charge is -2.21. The predicted molar refractivity (Wildman–Crippen MR) is 83.0 cm³/mol. The Balaban J connectivity index is 2.57. The fourth-order valence-electron chi connectivity index (χ4n) is 2.15. The van der Waals surface area contributed by atoms with E-state index >= 15 is 0 Å². The first kappa shape index (κ1) is 15.3. The van der Waals surface area contributed by atoms with Crippen LogP contribution in [0.1, 0.15) is 17.2 Å². The van der Waals surface area contributed by atoms with Crippen LogP contribution in [-0.2, 0) is 0 Å². The van der Waals surface area contributed by atoms with Gasteiger partial charge in [0.1, 0.15) is 11.6 Å². The first-order valence-corrected chi connectivity index (χ1v) is 7.19. The van der Waals surface area contributed by atoms with Gasteiger partial charge in [0, 0.05) is 20.6 Å². The fraction of sp³-hybridized carbons (Fsp3) is 0.200. The molecule has 5 heteroatoms. The number of ether oxygens (including phenoxy) is 1. The molecule has 2 aromatic carbocycles. The molecule has 0 aliphatic heterocycles. The first-order valence-electron chi connectivity index (χ1n) is 6.02. The lowest BCUT2D eigenvalue weighted by Crippen LogP contribution is -2.19. The van der Waals surface area contributed by atoms with Crippen molar-refractivity contribution in [3.05, 3.63) is 62.8 Å². The SMILES string of the molecule is CNC(c1cc(Cl)ccc1F)c1cc(Br)ccc1OC. The van der Waals surface area contributed by atoms with Gasteiger partial charge in [-0.3, -0.25) is 0 Å². The van der Waals surface area contributed by atoms with Crippen LogP contribution in [0.25, 0.3) is 0 Å². The minimum Gasteiger partial charge on any atom is -0.496 e. The Bertz CT molecular complexity index is 621. The topological polar surface area (TPSA) is 21.3 Å². The summed E-state index contributed by atoms with van der Waals surface area (Å²) in [5, 5.41) is 3.60. The molecular weight excluding hydrogens is 345 g/mol. The van der Waals surface area contributed by atoms with Crippen molar-refractivity contribution < 1.29 is 9.13 Å². The van der Waals surface area contributed by atoms with E-state index < -0.39 is 0 Å². The van der Waals surface area contributed by atoms with Crippen LogP contribution in [0.3, 0.4) is 0 Å². The Hall–Kier alpha value is -1.10. The molecule has 0 aliphatic carbocycles. The highest BCUT2D eigenvalue weighted by Crippen LogP contribution is 2.34. The number of hydrogen-bond acceptors (Lipinski definition) is 2. The molecule has 0 radical (unpaired) electrons. The van der Waals surface area contributed by atoms with Gasteiger partial charge in [0.15, 0.2) is 0 Å². The second-order valence-electron chi connectivity index (χ2n) is 4.27. The molecule has 0 amide bonds. The van der Waals surface area contributed by atoms with E-state index in [-0.39, 0.29) is 11.9 Å². The summed E-state index contributed by atoms with van der Waals surface area (Å²) in [7, 11) is 3.36. The maximum Gasteiger partial charge on any atom is 0.128 e. The molecule has 2 aromatic rings. The summed E-state index contributed by atoms with van der Waals surface area (Å²) in [4.78, 5) is 0. The molecule has 0 heterocycles. The molecule has 2 nitrogen and oxygen atoms in total. The standard InChI is InChI=1S/C15H14BrClFNO/c1-19-15(11-8-10(17)4-5-13(11)18)12-7-9(16)3-6-14(12)20-2/h3-8,15,19H,1-2H3. The summed E-state index contributed by atoms with van der Waals surface area (Å²) in [5.74, 6) is 0.378. The normalized spacial score (nSPS) is 12.2. The molecule has 0 bridgehead atoms. The average Bonchev–Trinajstić information content (AvgIpc) is 2.44. The number of halogens is 3. The minimum absolute atomic E-state index is 0.309. The molecule has 0 saturated heterocycles. The van der Waals surface area contributed by atoms with E-state index in [0.717, 1.165) is 10.0 Å². The van der Waals surface area contributed by atoms with Crippen molar-refractivity contribution in [2.24, 2.45) is 0 Å². The highest BCUT2D eigenvalue weighted by Gasteiger charge is 2.20.